The summed E-state index contributed by atoms with van der Waals surface area (Å²) in [5, 5.41) is 2.41. The van der Waals surface area contributed by atoms with Gasteiger partial charge in [0, 0.05) is 58.2 Å². The van der Waals surface area contributed by atoms with Gasteiger partial charge in [-0.15, -0.1) is 0 Å². The van der Waals surface area contributed by atoms with Crippen LogP contribution in [-0.4, -0.2) is 12.0 Å². The molecule has 0 fully saturated rings. The zero-order chi connectivity index (χ0) is 47.3. The van der Waals surface area contributed by atoms with E-state index in [-0.39, 0.29) is 6.23 Å². The first-order valence-electron chi connectivity index (χ1n) is 24.3. The van der Waals surface area contributed by atoms with Crippen LogP contribution in [0, 0.1) is 5.92 Å². The number of aromatic nitrogens is 1. The standard InChI is InChI=1S/C65H48N4O2/c1-67-61-15-7-9-17-63(61)71-65(67)51-30-38-57(39-31-51)69(59-41-27-45-11-3-5-13-53(45)43-59)55-34-24-49(25-35-55)47-20-18-46(19-21-47)48-22-32-54(33-23-48)68(58-40-26-44-10-2-4-12-52(44)42-58)56-36-28-50(29-37-56)64-66-60-14-6-8-16-62(60)70-64/h2-25,27-44,65H,26H2,1H3. The molecular weight excluding hydrogens is 869 g/mol. The predicted molar refractivity (Wildman–Crippen MR) is 292 cm³/mol. The maximum absolute atomic E-state index is 6.39. The van der Waals surface area contributed by atoms with Gasteiger partial charge in [0.05, 0.1) is 5.69 Å². The van der Waals surface area contributed by atoms with Crippen molar-refractivity contribution in [3.63, 3.8) is 0 Å². The fourth-order valence-corrected chi connectivity index (χ4v) is 10.3. The Morgan fingerprint density at radius 1 is 0.521 bits per heavy atom. The van der Waals surface area contributed by atoms with Crippen molar-refractivity contribution in [1.29, 1.82) is 0 Å². The molecule has 1 aromatic heterocycles. The van der Waals surface area contributed by atoms with Crippen LogP contribution >= 0.6 is 0 Å². The Bertz CT molecular complexity index is 3680. The summed E-state index contributed by atoms with van der Waals surface area (Å²) in [6, 6.07) is 75.4. The number of hydrogen-bond acceptors (Lipinski definition) is 6. The molecule has 0 radical (unpaired) electrons. The molecule has 2 atom stereocenters. The van der Waals surface area contributed by atoms with Gasteiger partial charge in [-0.25, -0.2) is 4.98 Å². The lowest BCUT2D eigenvalue weighted by Gasteiger charge is -2.31. The minimum absolute atomic E-state index is 0.183. The molecule has 2 aliphatic carbocycles. The summed E-state index contributed by atoms with van der Waals surface area (Å²) >= 11 is 0. The minimum atomic E-state index is -0.183. The summed E-state index contributed by atoms with van der Waals surface area (Å²) < 4.78 is 12.5. The number of rotatable bonds is 10. The van der Waals surface area contributed by atoms with Gasteiger partial charge >= 0.3 is 0 Å². The molecule has 10 aromatic rings. The molecule has 9 aromatic carbocycles. The molecule has 2 unspecified atom stereocenters. The number of anilines is 6. The van der Waals surface area contributed by atoms with Crippen LogP contribution in [0.4, 0.5) is 34.1 Å². The van der Waals surface area contributed by atoms with Crippen molar-refractivity contribution in [2.24, 2.45) is 5.92 Å². The SMILES string of the molecule is CN1c2ccccc2OC1c1ccc(N(c2ccc(-c3ccc(-c4ccc(N(C5=CCC6C=CC=CC6=C5)c5ccc(-c6nc7ccccc7o6)cc5)cc4)cc3)cc2)c2ccc3ccccc3c2)cc1. The fourth-order valence-electron chi connectivity index (χ4n) is 10.3. The Morgan fingerprint density at radius 2 is 1.08 bits per heavy atom. The Labute approximate surface area is 413 Å². The van der Waals surface area contributed by atoms with Gasteiger partial charge in [0.15, 0.2) is 11.8 Å². The second-order valence-corrected chi connectivity index (χ2v) is 18.4. The summed E-state index contributed by atoms with van der Waals surface area (Å²) in [6.07, 6.45) is 14.3. The van der Waals surface area contributed by atoms with Crippen molar-refractivity contribution < 1.29 is 9.15 Å². The van der Waals surface area contributed by atoms with Crippen molar-refractivity contribution in [3.8, 4) is 39.5 Å². The number of allylic oxidation sites excluding steroid dienone is 7. The van der Waals surface area contributed by atoms with Gasteiger partial charge in [-0.05, 0) is 148 Å². The highest BCUT2D eigenvalue weighted by molar-refractivity contribution is 5.90. The molecule has 13 rings (SSSR count). The van der Waals surface area contributed by atoms with Gasteiger partial charge < -0.3 is 23.9 Å². The zero-order valence-corrected chi connectivity index (χ0v) is 39.1. The average Bonchev–Trinajstić information content (AvgIpc) is 4.03. The quantitative estimate of drug-likeness (QED) is 0.136. The number of para-hydroxylation sites is 4. The van der Waals surface area contributed by atoms with Crippen LogP contribution in [0.15, 0.2) is 264 Å². The lowest BCUT2D eigenvalue weighted by molar-refractivity contribution is 0.235. The molecule has 6 heteroatoms. The predicted octanol–water partition coefficient (Wildman–Crippen LogP) is 17.1. The summed E-state index contributed by atoms with van der Waals surface area (Å²) in [6.45, 7) is 0. The number of benzene rings is 9. The highest BCUT2D eigenvalue weighted by Gasteiger charge is 2.29. The average molecular weight is 917 g/mol. The third-order valence-corrected chi connectivity index (χ3v) is 14.1. The van der Waals surface area contributed by atoms with Gasteiger partial charge in [0.2, 0.25) is 5.89 Å². The van der Waals surface area contributed by atoms with Crippen molar-refractivity contribution >= 4 is 56.0 Å². The zero-order valence-electron chi connectivity index (χ0n) is 39.1. The van der Waals surface area contributed by atoms with Crippen LogP contribution < -0.4 is 19.4 Å². The van der Waals surface area contributed by atoms with E-state index in [0.29, 0.717) is 11.8 Å². The van der Waals surface area contributed by atoms with E-state index in [1.807, 2.05) is 36.4 Å². The minimum Gasteiger partial charge on any atom is -0.464 e. The maximum Gasteiger partial charge on any atom is 0.227 e. The molecular formula is C65H48N4O2. The van der Waals surface area contributed by atoms with Crippen LogP contribution in [0.2, 0.25) is 0 Å². The lowest BCUT2D eigenvalue weighted by atomic mass is 9.87. The molecule has 0 amide bonds. The Kier molecular flexibility index (Phi) is 10.5. The number of oxazole rings is 1. The van der Waals surface area contributed by atoms with Crippen LogP contribution in [-0.2, 0) is 0 Å². The summed E-state index contributed by atoms with van der Waals surface area (Å²) in [5.41, 5.74) is 17.3. The highest BCUT2D eigenvalue weighted by Crippen LogP contribution is 2.44. The monoisotopic (exact) mass is 916 g/mol. The van der Waals surface area contributed by atoms with Crippen molar-refractivity contribution in [3.05, 3.63) is 266 Å². The summed E-state index contributed by atoms with van der Waals surface area (Å²) in [4.78, 5) is 11.6. The molecule has 0 spiro atoms. The molecule has 2 heterocycles. The number of hydrogen-bond donors (Lipinski definition) is 0. The van der Waals surface area contributed by atoms with Gasteiger partial charge in [-0.3, -0.25) is 0 Å². The Hall–Kier alpha value is -9.13. The smallest absolute Gasteiger partial charge is 0.227 e. The maximum atomic E-state index is 6.39. The summed E-state index contributed by atoms with van der Waals surface area (Å²) in [7, 11) is 2.09. The number of ether oxygens (including phenoxy) is 1. The van der Waals surface area contributed by atoms with Crippen molar-refractivity contribution in [2.75, 3.05) is 21.7 Å². The normalized spacial score (nSPS) is 15.8. The fraction of sp³-hybridized carbons (Fsp3) is 0.0615. The first-order chi connectivity index (χ1) is 35.1. The second kappa shape index (κ2) is 17.7. The van der Waals surface area contributed by atoms with E-state index < -0.39 is 0 Å². The van der Waals surface area contributed by atoms with E-state index in [4.69, 9.17) is 14.1 Å². The van der Waals surface area contributed by atoms with Gasteiger partial charge in [-0.1, -0.05) is 146 Å². The summed E-state index contributed by atoms with van der Waals surface area (Å²) in [5.74, 6) is 1.93. The molecule has 0 saturated heterocycles. The first-order valence-corrected chi connectivity index (χ1v) is 24.3. The van der Waals surface area contributed by atoms with E-state index in [1.54, 1.807) is 0 Å². The van der Waals surface area contributed by atoms with Crippen LogP contribution in [0.1, 0.15) is 18.2 Å². The Morgan fingerprint density at radius 3 is 1.76 bits per heavy atom. The van der Waals surface area contributed by atoms with Gasteiger partial charge in [0.1, 0.15) is 11.3 Å². The van der Waals surface area contributed by atoms with E-state index in [1.165, 1.54) is 16.3 Å². The molecule has 3 aliphatic rings. The molecule has 0 bridgehead atoms. The Balaban J connectivity index is 0.764. The van der Waals surface area contributed by atoms with Gasteiger partial charge in [-0.2, -0.15) is 0 Å². The van der Waals surface area contributed by atoms with Crippen LogP contribution in [0.25, 0.3) is 55.6 Å². The third-order valence-electron chi connectivity index (χ3n) is 14.1. The first kappa shape index (κ1) is 42.0. The highest BCUT2D eigenvalue weighted by atomic mass is 16.5. The van der Waals surface area contributed by atoms with Crippen LogP contribution in [0.3, 0.4) is 0 Å². The largest absolute Gasteiger partial charge is 0.464 e. The molecule has 1 aliphatic heterocycles. The van der Waals surface area contributed by atoms with Crippen molar-refractivity contribution in [2.45, 2.75) is 12.6 Å². The van der Waals surface area contributed by atoms with E-state index >= 15 is 0 Å². The molecule has 0 saturated carbocycles. The molecule has 0 N–H and O–H groups in total. The second-order valence-electron chi connectivity index (χ2n) is 18.4. The lowest BCUT2D eigenvalue weighted by Crippen LogP contribution is -2.22. The number of fused-ring (bicyclic) bond motifs is 4. The third kappa shape index (κ3) is 7.95. The van der Waals surface area contributed by atoms with Crippen molar-refractivity contribution in [1.82, 2.24) is 4.98 Å². The van der Waals surface area contributed by atoms with E-state index in [2.05, 4.69) is 234 Å². The van der Waals surface area contributed by atoms with E-state index in [0.717, 1.165) is 96.5 Å². The van der Waals surface area contributed by atoms with Crippen LogP contribution in [0.5, 0.6) is 5.75 Å². The molecule has 340 valence electrons. The number of nitrogens with zero attached hydrogens (tertiary/aromatic N) is 4. The molecule has 71 heavy (non-hydrogen) atoms. The topological polar surface area (TPSA) is 45.0 Å². The molecule has 6 nitrogen and oxygen atoms in total. The van der Waals surface area contributed by atoms with Gasteiger partial charge in [0.25, 0.3) is 0 Å². The van der Waals surface area contributed by atoms with E-state index in [9.17, 15) is 0 Å².